The molecule has 0 N–H and O–H groups in total. The molecule has 0 unspecified atom stereocenters. The second kappa shape index (κ2) is 5.10. The maximum atomic E-state index is 6.29. The molecule has 2 aromatic rings. The van der Waals surface area contributed by atoms with Crippen LogP contribution in [0.25, 0.3) is 11.3 Å². The van der Waals surface area contributed by atoms with Crippen molar-refractivity contribution < 1.29 is 0 Å². The number of benzene rings is 1. The van der Waals surface area contributed by atoms with E-state index in [4.69, 9.17) is 16.6 Å². The molecule has 0 atom stereocenters. The summed E-state index contributed by atoms with van der Waals surface area (Å²) in [6.07, 6.45) is 2.36. The Bertz CT molecular complexity index is 665. The van der Waals surface area contributed by atoms with Gasteiger partial charge in [-0.25, -0.2) is 9.97 Å². The quantitative estimate of drug-likeness (QED) is 0.705. The van der Waals surface area contributed by atoms with E-state index in [9.17, 15) is 0 Å². The second-order valence-electron chi connectivity index (χ2n) is 6.95. The van der Waals surface area contributed by atoms with Crippen LogP contribution >= 0.6 is 11.6 Å². The van der Waals surface area contributed by atoms with E-state index >= 15 is 0 Å². The average Bonchev–Trinajstić information content (AvgIpc) is 3.25. The number of rotatable bonds is 2. The largest absolute Gasteiger partial charge is 0.232 e. The Hall–Kier alpha value is -1.41. The van der Waals surface area contributed by atoms with Gasteiger partial charge in [0.15, 0.2) is 0 Å². The minimum absolute atomic E-state index is 0.163. The third-order valence-corrected chi connectivity index (χ3v) is 4.44. The lowest BCUT2D eigenvalue weighted by Gasteiger charge is -2.19. The topological polar surface area (TPSA) is 25.8 Å². The van der Waals surface area contributed by atoms with Crippen molar-refractivity contribution in [2.45, 2.75) is 51.9 Å². The fourth-order valence-electron chi connectivity index (χ4n) is 2.44. The Morgan fingerprint density at radius 1 is 1.05 bits per heavy atom. The molecule has 1 fully saturated rings. The summed E-state index contributed by atoms with van der Waals surface area (Å²) in [5.74, 6) is 1.41. The van der Waals surface area contributed by atoms with E-state index in [0.717, 1.165) is 22.6 Å². The standard InChI is InChI=1S/C18H21ClN2/c1-11-15(20-17(13-5-6-13)21-16(11)19)12-7-9-14(10-8-12)18(2,3)4/h7-10,13H,5-6H2,1-4H3. The van der Waals surface area contributed by atoms with Gasteiger partial charge in [-0.3, -0.25) is 0 Å². The molecule has 1 aromatic heterocycles. The summed E-state index contributed by atoms with van der Waals surface area (Å²) in [6, 6.07) is 8.65. The Morgan fingerprint density at radius 2 is 1.67 bits per heavy atom. The summed E-state index contributed by atoms with van der Waals surface area (Å²) in [6.45, 7) is 8.66. The predicted molar refractivity (Wildman–Crippen MR) is 87.9 cm³/mol. The SMILES string of the molecule is Cc1c(Cl)nc(C2CC2)nc1-c1ccc(C(C)(C)C)cc1. The van der Waals surface area contributed by atoms with E-state index in [-0.39, 0.29) is 5.41 Å². The van der Waals surface area contributed by atoms with Crippen LogP contribution in [0.15, 0.2) is 24.3 Å². The first-order valence-electron chi connectivity index (χ1n) is 7.51. The van der Waals surface area contributed by atoms with Crippen LogP contribution in [0.1, 0.15) is 56.5 Å². The maximum absolute atomic E-state index is 6.29. The van der Waals surface area contributed by atoms with Crippen LogP contribution in [0.2, 0.25) is 5.15 Å². The van der Waals surface area contributed by atoms with Gasteiger partial charge in [0.2, 0.25) is 0 Å². The average molecular weight is 301 g/mol. The van der Waals surface area contributed by atoms with Gasteiger partial charge in [-0.05, 0) is 30.7 Å². The Kier molecular flexibility index (Phi) is 3.53. The van der Waals surface area contributed by atoms with Gasteiger partial charge in [-0.15, -0.1) is 0 Å². The Morgan fingerprint density at radius 3 is 2.19 bits per heavy atom. The van der Waals surface area contributed by atoms with Crippen molar-refractivity contribution >= 4 is 11.6 Å². The molecule has 0 bridgehead atoms. The lowest BCUT2D eigenvalue weighted by atomic mass is 9.86. The van der Waals surface area contributed by atoms with Gasteiger partial charge in [0, 0.05) is 17.0 Å². The van der Waals surface area contributed by atoms with Crippen LogP contribution < -0.4 is 0 Å². The van der Waals surface area contributed by atoms with E-state index < -0.39 is 0 Å². The van der Waals surface area contributed by atoms with Gasteiger partial charge in [0.25, 0.3) is 0 Å². The van der Waals surface area contributed by atoms with Gasteiger partial charge in [0.1, 0.15) is 11.0 Å². The highest BCUT2D eigenvalue weighted by atomic mass is 35.5. The number of hydrogen-bond donors (Lipinski definition) is 0. The normalized spacial score (nSPS) is 15.3. The van der Waals surface area contributed by atoms with Crippen LogP contribution in [-0.2, 0) is 5.41 Å². The molecule has 0 saturated heterocycles. The molecule has 1 aliphatic rings. The summed E-state index contributed by atoms with van der Waals surface area (Å²) in [5, 5.41) is 0.585. The summed E-state index contributed by atoms with van der Waals surface area (Å²) < 4.78 is 0. The molecule has 1 aromatic carbocycles. The molecular weight excluding hydrogens is 280 g/mol. The lowest BCUT2D eigenvalue weighted by molar-refractivity contribution is 0.590. The van der Waals surface area contributed by atoms with E-state index in [1.807, 2.05) is 6.92 Å². The van der Waals surface area contributed by atoms with Gasteiger partial charge in [-0.2, -0.15) is 0 Å². The first kappa shape index (κ1) is 14.5. The van der Waals surface area contributed by atoms with Crippen molar-refractivity contribution in [3.05, 3.63) is 46.4 Å². The molecule has 0 radical (unpaired) electrons. The third kappa shape index (κ3) is 2.96. The molecule has 3 heteroatoms. The van der Waals surface area contributed by atoms with Crippen molar-refractivity contribution in [1.29, 1.82) is 0 Å². The second-order valence-corrected chi connectivity index (χ2v) is 7.31. The van der Waals surface area contributed by atoms with Crippen molar-refractivity contribution in [2.24, 2.45) is 0 Å². The number of nitrogens with zero attached hydrogens (tertiary/aromatic N) is 2. The molecule has 1 saturated carbocycles. The molecule has 2 nitrogen and oxygen atoms in total. The highest BCUT2D eigenvalue weighted by molar-refractivity contribution is 6.30. The number of halogens is 1. The number of hydrogen-bond acceptors (Lipinski definition) is 2. The molecular formula is C18H21ClN2. The molecule has 1 heterocycles. The van der Waals surface area contributed by atoms with Gasteiger partial charge in [0.05, 0.1) is 5.69 Å². The first-order chi connectivity index (χ1) is 9.86. The third-order valence-electron chi connectivity index (χ3n) is 4.07. The molecule has 1 aliphatic carbocycles. The molecule has 0 aliphatic heterocycles. The van der Waals surface area contributed by atoms with Crippen LogP contribution in [0, 0.1) is 6.92 Å². The molecule has 110 valence electrons. The fourth-order valence-corrected chi connectivity index (χ4v) is 2.61. The lowest BCUT2D eigenvalue weighted by Crippen LogP contribution is -2.10. The zero-order valence-electron chi connectivity index (χ0n) is 13.1. The molecule has 0 amide bonds. The summed E-state index contributed by atoms with van der Waals surface area (Å²) in [5.41, 5.74) is 4.54. The zero-order chi connectivity index (χ0) is 15.2. The predicted octanol–water partition coefficient (Wildman–Crippen LogP) is 5.28. The van der Waals surface area contributed by atoms with Crippen LogP contribution in [0.5, 0.6) is 0 Å². The first-order valence-corrected chi connectivity index (χ1v) is 7.89. The van der Waals surface area contributed by atoms with Crippen LogP contribution in [-0.4, -0.2) is 9.97 Å². The van der Waals surface area contributed by atoms with E-state index in [2.05, 4.69) is 50.0 Å². The summed E-state index contributed by atoms with van der Waals surface area (Å²) in [4.78, 5) is 9.19. The highest BCUT2D eigenvalue weighted by Gasteiger charge is 2.28. The van der Waals surface area contributed by atoms with Gasteiger partial charge in [-0.1, -0.05) is 56.6 Å². The van der Waals surface area contributed by atoms with E-state index in [1.165, 1.54) is 18.4 Å². The summed E-state index contributed by atoms with van der Waals surface area (Å²) >= 11 is 6.29. The van der Waals surface area contributed by atoms with Crippen LogP contribution in [0.4, 0.5) is 0 Å². The van der Waals surface area contributed by atoms with Crippen molar-refractivity contribution in [3.8, 4) is 11.3 Å². The minimum atomic E-state index is 0.163. The monoisotopic (exact) mass is 300 g/mol. The number of aromatic nitrogens is 2. The minimum Gasteiger partial charge on any atom is -0.232 e. The molecule has 21 heavy (non-hydrogen) atoms. The maximum Gasteiger partial charge on any atom is 0.136 e. The smallest absolute Gasteiger partial charge is 0.136 e. The molecule has 3 rings (SSSR count). The summed E-state index contributed by atoms with van der Waals surface area (Å²) in [7, 11) is 0. The van der Waals surface area contributed by atoms with Crippen molar-refractivity contribution in [1.82, 2.24) is 9.97 Å². The highest BCUT2D eigenvalue weighted by Crippen LogP contribution is 2.40. The molecule has 0 spiro atoms. The fraction of sp³-hybridized carbons (Fsp3) is 0.444. The van der Waals surface area contributed by atoms with E-state index in [1.54, 1.807) is 0 Å². The van der Waals surface area contributed by atoms with Crippen molar-refractivity contribution in [2.75, 3.05) is 0 Å². The van der Waals surface area contributed by atoms with Gasteiger partial charge >= 0.3 is 0 Å². The zero-order valence-corrected chi connectivity index (χ0v) is 13.8. The van der Waals surface area contributed by atoms with Crippen LogP contribution in [0.3, 0.4) is 0 Å². The van der Waals surface area contributed by atoms with E-state index in [0.29, 0.717) is 11.1 Å². The Labute approximate surface area is 131 Å². The Balaban J connectivity index is 2.03. The van der Waals surface area contributed by atoms with Crippen molar-refractivity contribution in [3.63, 3.8) is 0 Å². The van der Waals surface area contributed by atoms with Gasteiger partial charge < -0.3 is 0 Å².